The molecule has 0 saturated carbocycles. The fourth-order valence-electron chi connectivity index (χ4n) is 4.45. The van der Waals surface area contributed by atoms with E-state index in [1.165, 1.54) is 6.33 Å². The number of halogens is 1. The van der Waals surface area contributed by atoms with Crippen LogP contribution in [0.5, 0.6) is 11.5 Å². The van der Waals surface area contributed by atoms with Crippen molar-refractivity contribution < 1.29 is 19.0 Å². The number of benzene rings is 2. The maximum absolute atomic E-state index is 12.3. The van der Waals surface area contributed by atoms with Gasteiger partial charge >= 0.3 is 5.97 Å². The highest BCUT2D eigenvalue weighted by atomic mass is 35.5. The van der Waals surface area contributed by atoms with Crippen molar-refractivity contribution in [2.45, 2.75) is 37.6 Å². The van der Waals surface area contributed by atoms with Crippen LogP contribution in [0.3, 0.4) is 0 Å². The Kier molecular flexibility index (Phi) is 13.4. The Morgan fingerprint density at radius 3 is 2.70 bits per heavy atom. The van der Waals surface area contributed by atoms with E-state index in [0.717, 1.165) is 71.8 Å². The summed E-state index contributed by atoms with van der Waals surface area (Å²) in [6, 6.07) is 13.2. The van der Waals surface area contributed by atoms with Crippen LogP contribution in [0, 0.1) is 0 Å². The Morgan fingerprint density at radius 1 is 1.07 bits per heavy atom. The molecule has 0 aliphatic heterocycles. The molecule has 0 atom stereocenters. The van der Waals surface area contributed by atoms with E-state index in [1.807, 2.05) is 62.6 Å². The number of rotatable bonds is 19. The molecule has 236 valence electrons. The highest BCUT2D eigenvalue weighted by Crippen LogP contribution is 2.34. The van der Waals surface area contributed by atoms with Crippen LogP contribution in [0.25, 0.3) is 11.0 Å². The molecule has 0 aliphatic rings. The number of carbonyl (C=O) groups is 1. The monoisotopic (exact) mass is 640 g/mol. The van der Waals surface area contributed by atoms with E-state index in [-0.39, 0.29) is 6.61 Å². The summed E-state index contributed by atoms with van der Waals surface area (Å²) < 4.78 is 17.3. The first kappa shape index (κ1) is 33.4. The molecule has 0 amide bonds. The number of H-pyrrole nitrogens is 1. The second kappa shape index (κ2) is 17.7. The number of hydrogen-bond donors (Lipinski definition) is 3. The van der Waals surface area contributed by atoms with E-state index in [9.17, 15) is 4.79 Å². The first-order valence-corrected chi connectivity index (χ1v) is 16.2. The van der Waals surface area contributed by atoms with Crippen molar-refractivity contribution in [2.75, 3.05) is 58.1 Å². The minimum atomic E-state index is -0.422. The quantitative estimate of drug-likeness (QED) is 0.0614. The minimum Gasteiger partial charge on any atom is -0.489 e. The molecule has 12 heteroatoms. The number of nitrogens with zero attached hydrogens (tertiary/aromatic N) is 3. The van der Waals surface area contributed by atoms with Gasteiger partial charge in [0.2, 0.25) is 0 Å². The molecule has 0 bridgehead atoms. The Hall–Kier alpha value is -3.51. The zero-order chi connectivity index (χ0) is 31.1. The van der Waals surface area contributed by atoms with Gasteiger partial charge in [-0.25, -0.2) is 14.8 Å². The molecular formula is C32H41ClN6O4S. The average molecular weight is 641 g/mol. The SMILES string of the molecule is CCCCOC(=O)COc1cc(Nc2ncnc3[nH]cc(CN(C)CCCNC)c23)ccc1OCCSc1ccc(Cl)cc1. The first-order chi connectivity index (χ1) is 21.5. The smallest absolute Gasteiger partial charge is 0.344 e. The summed E-state index contributed by atoms with van der Waals surface area (Å²) in [6.45, 7) is 5.32. The number of esters is 1. The number of aromatic amines is 1. The molecule has 0 spiro atoms. The summed E-state index contributed by atoms with van der Waals surface area (Å²) in [5.41, 5.74) is 2.59. The van der Waals surface area contributed by atoms with E-state index in [0.29, 0.717) is 35.6 Å². The van der Waals surface area contributed by atoms with Crippen molar-refractivity contribution in [3.63, 3.8) is 0 Å². The van der Waals surface area contributed by atoms with Crippen LogP contribution < -0.4 is 20.1 Å². The van der Waals surface area contributed by atoms with E-state index in [2.05, 4.69) is 37.5 Å². The minimum absolute atomic E-state index is 0.220. The number of carbonyl (C=O) groups excluding carboxylic acids is 1. The second-order valence-electron chi connectivity index (χ2n) is 10.3. The lowest BCUT2D eigenvalue weighted by atomic mass is 10.2. The standard InChI is InChI=1S/C32H41ClN6O4S/c1-4-5-15-42-29(40)21-43-28-18-25(9-12-27(28)41-16-17-44-26-10-7-24(33)8-11-26)38-32-30-23(19-35-31(30)36-22-37-32)20-39(3)14-6-13-34-2/h7-12,18-19,22,34H,4-6,13-17,20-21H2,1-3H3,(H2,35,36,37,38). The van der Waals surface area contributed by atoms with Gasteiger partial charge in [-0.1, -0.05) is 24.9 Å². The summed E-state index contributed by atoms with van der Waals surface area (Å²) in [5.74, 6) is 1.94. The van der Waals surface area contributed by atoms with Crippen LogP contribution in [0.2, 0.25) is 5.02 Å². The molecule has 3 N–H and O–H groups in total. The number of fused-ring (bicyclic) bond motifs is 1. The highest BCUT2D eigenvalue weighted by molar-refractivity contribution is 7.99. The molecule has 0 saturated heterocycles. The molecule has 0 unspecified atom stereocenters. The van der Waals surface area contributed by atoms with Crippen LogP contribution >= 0.6 is 23.4 Å². The number of anilines is 2. The van der Waals surface area contributed by atoms with E-state index in [1.54, 1.807) is 11.8 Å². The van der Waals surface area contributed by atoms with Crippen LogP contribution in [0.4, 0.5) is 11.5 Å². The van der Waals surface area contributed by atoms with Crippen molar-refractivity contribution in [1.82, 2.24) is 25.2 Å². The average Bonchev–Trinajstić information content (AvgIpc) is 3.43. The Labute approximate surface area is 268 Å². The molecule has 4 rings (SSSR count). The zero-order valence-electron chi connectivity index (χ0n) is 25.5. The largest absolute Gasteiger partial charge is 0.489 e. The molecule has 0 aliphatic carbocycles. The number of aromatic nitrogens is 3. The molecule has 4 aromatic rings. The molecular weight excluding hydrogens is 600 g/mol. The number of ether oxygens (including phenoxy) is 3. The van der Waals surface area contributed by atoms with Crippen molar-refractivity contribution >= 4 is 51.9 Å². The van der Waals surface area contributed by atoms with Gasteiger partial charge in [0, 0.05) is 40.2 Å². The Morgan fingerprint density at radius 2 is 1.91 bits per heavy atom. The predicted molar refractivity (Wildman–Crippen MR) is 178 cm³/mol. The van der Waals surface area contributed by atoms with Crippen molar-refractivity contribution in [3.05, 3.63) is 65.6 Å². The summed E-state index contributed by atoms with van der Waals surface area (Å²) in [5, 5.41) is 8.25. The lowest BCUT2D eigenvalue weighted by Gasteiger charge is -2.17. The van der Waals surface area contributed by atoms with Crippen molar-refractivity contribution in [2.24, 2.45) is 0 Å². The summed E-state index contributed by atoms with van der Waals surface area (Å²) >= 11 is 7.66. The zero-order valence-corrected chi connectivity index (χ0v) is 27.1. The molecule has 2 heterocycles. The van der Waals surface area contributed by atoms with E-state index in [4.69, 9.17) is 25.8 Å². The van der Waals surface area contributed by atoms with Gasteiger partial charge in [-0.15, -0.1) is 11.8 Å². The summed E-state index contributed by atoms with van der Waals surface area (Å²) in [7, 11) is 4.07. The molecule has 2 aromatic carbocycles. The van der Waals surface area contributed by atoms with Gasteiger partial charge in [-0.05, 0) is 82.0 Å². The third-order valence-electron chi connectivity index (χ3n) is 6.69. The summed E-state index contributed by atoms with van der Waals surface area (Å²) in [4.78, 5) is 27.9. The predicted octanol–water partition coefficient (Wildman–Crippen LogP) is 6.29. The van der Waals surface area contributed by atoms with Crippen LogP contribution in [-0.2, 0) is 16.1 Å². The number of nitrogens with one attached hydrogen (secondary N) is 3. The highest BCUT2D eigenvalue weighted by Gasteiger charge is 2.15. The van der Waals surface area contributed by atoms with Crippen LogP contribution in [-0.4, -0.2) is 78.6 Å². The van der Waals surface area contributed by atoms with Crippen LogP contribution in [0.1, 0.15) is 31.7 Å². The molecule has 10 nitrogen and oxygen atoms in total. The van der Waals surface area contributed by atoms with Gasteiger partial charge in [0.15, 0.2) is 18.1 Å². The lowest BCUT2D eigenvalue weighted by molar-refractivity contribution is -0.146. The maximum atomic E-state index is 12.3. The molecule has 44 heavy (non-hydrogen) atoms. The number of thioether (sulfide) groups is 1. The Balaban J connectivity index is 1.48. The lowest BCUT2D eigenvalue weighted by Crippen LogP contribution is -2.22. The maximum Gasteiger partial charge on any atom is 0.344 e. The molecule has 0 fully saturated rings. The van der Waals surface area contributed by atoms with Gasteiger partial charge in [-0.3, -0.25) is 0 Å². The third-order valence-corrected chi connectivity index (χ3v) is 7.92. The van der Waals surface area contributed by atoms with Gasteiger partial charge in [0.1, 0.15) is 17.8 Å². The molecule has 2 aromatic heterocycles. The van der Waals surface area contributed by atoms with Gasteiger partial charge in [0.05, 0.1) is 18.6 Å². The third kappa shape index (κ3) is 10.3. The normalized spacial score (nSPS) is 11.2. The molecule has 0 radical (unpaired) electrons. The summed E-state index contributed by atoms with van der Waals surface area (Å²) in [6.07, 6.45) is 6.32. The van der Waals surface area contributed by atoms with Gasteiger partial charge < -0.3 is 34.7 Å². The number of unbranched alkanes of at least 4 members (excludes halogenated alkanes) is 1. The van der Waals surface area contributed by atoms with Crippen LogP contribution in [0.15, 0.2) is 59.9 Å². The number of hydrogen-bond acceptors (Lipinski definition) is 10. The Bertz CT molecular complexity index is 1470. The van der Waals surface area contributed by atoms with Crippen molar-refractivity contribution in [3.8, 4) is 11.5 Å². The van der Waals surface area contributed by atoms with E-state index >= 15 is 0 Å². The van der Waals surface area contributed by atoms with Crippen molar-refractivity contribution in [1.29, 1.82) is 0 Å². The fourth-order valence-corrected chi connectivity index (χ4v) is 5.30. The van der Waals surface area contributed by atoms with E-state index < -0.39 is 5.97 Å². The van der Waals surface area contributed by atoms with Gasteiger partial charge in [-0.2, -0.15) is 0 Å². The second-order valence-corrected chi connectivity index (χ2v) is 11.9. The van der Waals surface area contributed by atoms with Gasteiger partial charge in [0.25, 0.3) is 0 Å². The fraction of sp³-hybridized carbons (Fsp3) is 0.406. The first-order valence-electron chi connectivity index (χ1n) is 14.8. The topological polar surface area (TPSA) is 114 Å².